The van der Waals surface area contributed by atoms with Gasteiger partial charge in [-0.15, -0.1) is 5.10 Å². The number of anilines is 1. The van der Waals surface area contributed by atoms with E-state index in [1.807, 2.05) is 6.07 Å². The minimum atomic E-state index is 0.498. The van der Waals surface area contributed by atoms with Crippen LogP contribution in [0.5, 0.6) is 0 Å². The number of nitrogens with two attached hydrogens (primary N) is 1. The maximum Gasteiger partial charge on any atom is 0.156 e. The average molecular weight is 226 g/mol. The molecule has 0 amide bonds. The Morgan fingerprint density at radius 3 is 2.47 bits per heavy atom. The molecular formula is C13H14N4. The van der Waals surface area contributed by atoms with Crippen LogP contribution < -0.4 is 10.6 Å². The summed E-state index contributed by atoms with van der Waals surface area (Å²) < 4.78 is 0. The van der Waals surface area contributed by atoms with E-state index in [1.54, 1.807) is 6.20 Å². The van der Waals surface area contributed by atoms with E-state index >= 15 is 0 Å². The van der Waals surface area contributed by atoms with Gasteiger partial charge >= 0.3 is 0 Å². The summed E-state index contributed by atoms with van der Waals surface area (Å²) in [5, 5.41) is 8.16. The van der Waals surface area contributed by atoms with Crippen LogP contribution in [-0.4, -0.2) is 10.2 Å². The predicted molar refractivity (Wildman–Crippen MR) is 66.3 cm³/mol. The molecule has 1 aromatic carbocycles. The van der Waals surface area contributed by atoms with Crippen molar-refractivity contribution in [1.82, 2.24) is 10.2 Å². The first kappa shape index (κ1) is 10.2. The van der Waals surface area contributed by atoms with Crippen LogP contribution in [0.2, 0.25) is 0 Å². The molecule has 0 atom stereocenters. The van der Waals surface area contributed by atoms with E-state index in [0.29, 0.717) is 6.54 Å². The molecule has 0 radical (unpaired) electrons. The standard InChI is InChI=1S/C13H14N4/c14-7-10-5-6-15-16-13(10)17-8-11-3-1-2-4-12(11)9-17/h1-6H,7-9,14H2. The number of hydrogen-bond acceptors (Lipinski definition) is 4. The molecular weight excluding hydrogens is 212 g/mol. The van der Waals surface area contributed by atoms with Crippen molar-refractivity contribution in [1.29, 1.82) is 0 Å². The lowest BCUT2D eigenvalue weighted by Crippen LogP contribution is -2.19. The zero-order valence-corrected chi connectivity index (χ0v) is 9.50. The Hall–Kier alpha value is -1.94. The first-order chi connectivity index (χ1) is 8.38. The molecule has 2 aromatic rings. The van der Waals surface area contributed by atoms with Gasteiger partial charge in [0.1, 0.15) is 0 Å². The summed E-state index contributed by atoms with van der Waals surface area (Å²) in [4.78, 5) is 2.22. The fraction of sp³-hybridized carbons (Fsp3) is 0.231. The van der Waals surface area contributed by atoms with Crippen LogP contribution in [0.25, 0.3) is 0 Å². The zero-order valence-electron chi connectivity index (χ0n) is 9.50. The molecule has 1 aliphatic heterocycles. The second kappa shape index (κ2) is 4.14. The number of hydrogen-bond donors (Lipinski definition) is 1. The van der Waals surface area contributed by atoms with E-state index in [1.165, 1.54) is 11.1 Å². The van der Waals surface area contributed by atoms with Crippen LogP contribution in [0.1, 0.15) is 16.7 Å². The van der Waals surface area contributed by atoms with Gasteiger partial charge in [-0.25, -0.2) is 0 Å². The molecule has 0 saturated carbocycles. The lowest BCUT2D eigenvalue weighted by atomic mass is 10.1. The van der Waals surface area contributed by atoms with Gasteiger partial charge in [0.05, 0.1) is 6.20 Å². The fourth-order valence-electron chi connectivity index (χ4n) is 2.26. The third-order valence-electron chi connectivity index (χ3n) is 3.14. The topological polar surface area (TPSA) is 55.0 Å². The Bertz CT molecular complexity index is 513. The van der Waals surface area contributed by atoms with E-state index in [4.69, 9.17) is 5.73 Å². The molecule has 4 heteroatoms. The first-order valence-corrected chi connectivity index (χ1v) is 5.71. The summed E-state index contributed by atoms with van der Waals surface area (Å²) in [6, 6.07) is 10.4. The Morgan fingerprint density at radius 2 is 1.82 bits per heavy atom. The third kappa shape index (κ3) is 1.76. The highest BCUT2D eigenvalue weighted by Gasteiger charge is 2.21. The normalized spacial score (nSPS) is 13.8. The number of benzene rings is 1. The quantitative estimate of drug-likeness (QED) is 0.842. The molecule has 0 fully saturated rings. The van der Waals surface area contributed by atoms with Crippen LogP contribution >= 0.6 is 0 Å². The van der Waals surface area contributed by atoms with Crippen LogP contribution in [-0.2, 0) is 19.6 Å². The van der Waals surface area contributed by atoms with Crippen molar-refractivity contribution < 1.29 is 0 Å². The lowest BCUT2D eigenvalue weighted by Gasteiger charge is -2.18. The van der Waals surface area contributed by atoms with E-state index in [9.17, 15) is 0 Å². The van der Waals surface area contributed by atoms with Crippen LogP contribution in [0, 0.1) is 0 Å². The number of fused-ring (bicyclic) bond motifs is 1. The number of nitrogens with zero attached hydrogens (tertiary/aromatic N) is 3. The fourth-order valence-corrected chi connectivity index (χ4v) is 2.26. The number of rotatable bonds is 2. The molecule has 0 unspecified atom stereocenters. The molecule has 1 aromatic heterocycles. The van der Waals surface area contributed by atoms with Gasteiger partial charge in [0, 0.05) is 25.2 Å². The highest BCUT2D eigenvalue weighted by Crippen LogP contribution is 2.28. The van der Waals surface area contributed by atoms with Gasteiger partial charge in [-0.1, -0.05) is 24.3 Å². The molecule has 2 heterocycles. The van der Waals surface area contributed by atoms with Crippen molar-refractivity contribution in [2.45, 2.75) is 19.6 Å². The van der Waals surface area contributed by atoms with Gasteiger partial charge in [0.25, 0.3) is 0 Å². The average Bonchev–Trinajstić information content (AvgIpc) is 2.82. The van der Waals surface area contributed by atoms with Crippen LogP contribution in [0.15, 0.2) is 36.5 Å². The van der Waals surface area contributed by atoms with Gasteiger partial charge < -0.3 is 10.6 Å². The van der Waals surface area contributed by atoms with Crippen LogP contribution in [0.4, 0.5) is 5.82 Å². The summed E-state index contributed by atoms with van der Waals surface area (Å²) in [7, 11) is 0. The summed E-state index contributed by atoms with van der Waals surface area (Å²) in [6.45, 7) is 2.28. The van der Waals surface area contributed by atoms with Crippen molar-refractivity contribution in [3.05, 3.63) is 53.2 Å². The molecule has 2 N–H and O–H groups in total. The van der Waals surface area contributed by atoms with Gasteiger partial charge in [-0.2, -0.15) is 5.10 Å². The van der Waals surface area contributed by atoms with E-state index in [2.05, 4.69) is 39.4 Å². The number of aromatic nitrogens is 2. The maximum absolute atomic E-state index is 5.73. The molecule has 0 saturated heterocycles. The second-order valence-electron chi connectivity index (χ2n) is 4.21. The van der Waals surface area contributed by atoms with E-state index in [0.717, 1.165) is 24.5 Å². The zero-order chi connectivity index (χ0) is 11.7. The SMILES string of the molecule is NCc1ccnnc1N1Cc2ccccc2C1. The smallest absolute Gasteiger partial charge is 0.156 e. The minimum Gasteiger partial charge on any atom is -0.346 e. The summed E-state index contributed by atoms with van der Waals surface area (Å²) >= 11 is 0. The van der Waals surface area contributed by atoms with Gasteiger partial charge in [0.15, 0.2) is 5.82 Å². The summed E-state index contributed by atoms with van der Waals surface area (Å²) in [5.74, 6) is 0.909. The van der Waals surface area contributed by atoms with E-state index in [-0.39, 0.29) is 0 Å². The lowest BCUT2D eigenvalue weighted by molar-refractivity contribution is 0.812. The maximum atomic E-state index is 5.73. The van der Waals surface area contributed by atoms with Gasteiger partial charge in [-0.3, -0.25) is 0 Å². The molecule has 0 spiro atoms. The Balaban J connectivity index is 1.94. The molecule has 86 valence electrons. The highest BCUT2D eigenvalue weighted by atomic mass is 15.3. The van der Waals surface area contributed by atoms with Crippen molar-refractivity contribution in [3.63, 3.8) is 0 Å². The van der Waals surface area contributed by atoms with Gasteiger partial charge in [0.2, 0.25) is 0 Å². The summed E-state index contributed by atoms with van der Waals surface area (Å²) in [5.41, 5.74) is 9.50. The van der Waals surface area contributed by atoms with Crippen molar-refractivity contribution in [2.24, 2.45) is 5.73 Å². The largest absolute Gasteiger partial charge is 0.346 e. The van der Waals surface area contributed by atoms with Gasteiger partial charge in [-0.05, 0) is 17.2 Å². The predicted octanol–water partition coefficient (Wildman–Crippen LogP) is 1.46. The Morgan fingerprint density at radius 1 is 1.12 bits per heavy atom. The molecule has 3 rings (SSSR count). The Labute approximate surface area is 100 Å². The van der Waals surface area contributed by atoms with E-state index < -0.39 is 0 Å². The van der Waals surface area contributed by atoms with Crippen molar-refractivity contribution in [3.8, 4) is 0 Å². The molecule has 17 heavy (non-hydrogen) atoms. The molecule has 1 aliphatic rings. The third-order valence-corrected chi connectivity index (χ3v) is 3.14. The molecule has 0 aliphatic carbocycles. The molecule has 4 nitrogen and oxygen atoms in total. The van der Waals surface area contributed by atoms with Crippen molar-refractivity contribution in [2.75, 3.05) is 4.90 Å². The van der Waals surface area contributed by atoms with Crippen molar-refractivity contribution >= 4 is 5.82 Å². The second-order valence-corrected chi connectivity index (χ2v) is 4.21. The minimum absolute atomic E-state index is 0.498. The first-order valence-electron chi connectivity index (χ1n) is 5.71. The monoisotopic (exact) mass is 226 g/mol. The van der Waals surface area contributed by atoms with Crippen LogP contribution in [0.3, 0.4) is 0 Å². The molecule has 0 bridgehead atoms. The highest BCUT2D eigenvalue weighted by molar-refractivity contribution is 5.51. The Kier molecular flexibility index (Phi) is 2.49. The summed E-state index contributed by atoms with van der Waals surface area (Å²) in [6.07, 6.45) is 1.69.